The summed E-state index contributed by atoms with van der Waals surface area (Å²) < 4.78 is 6.90. The third-order valence-electron chi connectivity index (χ3n) is 3.66. The molecule has 1 saturated heterocycles. The number of rotatable bonds is 8. The van der Waals surface area contributed by atoms with E-state index >= 15 is 0 Å². The van der Waals surface area contributed by atoms with Gasteiger partial charge in [0.05, 0.1) is 6.61 Å². The van der Waals surface area contributed by atoms with E-state index in [9.17, 15) is 4.79 Å². The molecular formula is C15H26ClN5O2. The van der Waals surface area contributed by atoms with Crippen LogP contribution >= 0.6 is 12.4 Å². The number of anilines is 1. The summed E-state index contributed by atoms with van der Waals surface area (Å²) in [5.41, 5.74) is 0. The van der Waals surface area contributed by atoms with E-state index in [-0.39, 0.29) is 18.3 Å². The Labute approximate surface area is 143 Å². The van der Waals surface area contributed by atoms with Crippen LogP contribution in [-0.2, 0) is 16.6 Å². The predicted octanol–water partition coefficient (Wildman–Crippen LogP) is 1.63. The second kappa shape index (κ2) is 10.4. The van der Waals surface area contributed by atoms with Gasteiger partial charge in [-0.15, -0.1) is 19.0 Å². The van der Waals surface area contributed by atoms with Gasteiger partial charge in [0.1, 0.15) is 0 Å². The van der Waals surface area contributed by atoms with Crippen molar-refractivity contribution in [1.29, 1.82) is 0 Å². The summed E-state index contributed by atoms with van der Waals surface area (Å²) in [5.74, 6) is 1.67. The molecule has 0 atom stereocenters. The lowest BCUT2D eigenvalue weighted by Gasteiger charge is -2.19. The SMILES string of the molecule is C=CCOCCCC(=O)Nc1nc(C2CCNCC2)nn1C.Cl. The minimum absolute atomic E-state index is 0. The summed E-state index contributed by atoms with van der Waals surface area (Å²) in [6.07, 6.45) is 4.86. The van der Waals surface area contributed by atoms with Crippen molar-refractivity contribution in [3.8, 4) is 0 Å². The molecule has 0 unspecified atom stereocenters. The van der Waals surface area contributed by atoms with Gasteiger partial charge < -0.3 is 10.1 Å². The van der Waals surface area contributed by atoms with Gasteiger partial charge in [-0.05, 0) is 32.4 Å². The summed E-state index contributed by atoms with van der Waals surface area (Å²) in [5, 5.41) is 10.6. The fraction of sp³-hybridized carbons (Fsp3) is 0.667. The second-order valence-corrected chi connectivity index (χ2v) is 5.46. The van der Waals surface area contributed by atoms with E-state index in [0.717, 1.165) is 31.8 Å². The normalized spacial score (nSPS) is 15.0. The molecule has 1 fully saturated rings. The first-order valence-electron chi connectivity index (χ1n) is 7.81. The van der Waals surface area contributed by atoms with Crippen molar-refractivity contribution in [2.24, 2.45) is 7.05 Å². The first-order valence-corrected chi connectivity index (χ1v) is 7.81. The number of carbonyl (C=O) groups excluding carboxylic acids is 1. The zero-order valence-corrected chi connectivity index (χ0v) is 14.4. The molecule has 1 aromatic heterocycles. The number of halogens is 1. The summed E-state index contributed by atoms with van der Waals surface area (Å²) in [4.78, 5) is 16.4. The van der Waals surface area contributed by atoms with Gasteiger partial charge in [-0.1, -0.05) is 6.08 Å². The monoisotopic (exact) mass is 343 g/mol. The van der Waals surface area contributed by atoms with Gasteiger partial charge in [-0.2, -0.15) is 10.1 Å². The number of nitrogens with zero attached hydrogens (tertiary/aromatic N) is 3. The van der Waals surface area contributed by atoms with Crippen molar-refractivity contribution < 1.29 is 9.53 Å². The Morgan fingerprint density at radius 3 is 2.96 bits per heavy atom. The molecule has 8 heteroatoms. The number of aromatic nitrogens is 3. The fourth-order valence-corrected chi connectivity index (χ4v) is 2.45. The average molecular weight is 344 g/mol. The Hall–Kier alpha value is -1.44. The van der Waals surface area contributed by atoms with Crippen molar-refractivity contribution in [3.63, 3.8) is 0 Å². The van der Waals surface area contributed by atoms with E-state index in [1.807, 2.05) is 0 Å². The maximum Gasteiger partial charge on any atom is 0.227 e. The van der Waals surface area contributed by atoms with Gasteiger partial charge >= 0.3 is 0 Å². The standard InChI is InChI=1S/C15H25N5O2.ClH/c1-3-10-22-11-4-5-13(21)17-15-18-14(19-20(15)2)12-6-8-16-9-7-12;/h3,12,16H,1,4-11H2,2H3,(H,17,18,19,21);1H. The van der Waals surface area contributed by atoms with Crippen molar-refractivity contribution in [1.82, 2.24) is 20.1 Å². The van der Waals surface area contributed by atoms with Crippen molar-refractivity contribution >= 4 is 24.3 Å². The lowest BCUT2D eigenvalue weighted by Crippen LogP contribution is -2.27. The van der Waals surface area contributed by atoms with Crippen LogP contribution in [0.3, 0.4) is 0 Å². The molecule has 0 spiro atoms. The van der Waals surface area contributed by atoms with E-state index in [0.29, 0.717) is 37.9 Å². The third-order valence-corrected chi connectivity index (χ3v) is 3.66. The second-order valence-electron chi connectivity index (χ2n) is 5.46. The van der Waals surface area contributed by atoms with Crippen molar-refractivity contribution in [3.05, 3.63) is 18.5 Å². The molecule has 1 aliphatic heterocycles. The Balaban J connectivity index is 0.00000264. The van der Waals surface area contributed by atoms with Crippen LogP contribution in [0.1, 0.15) is 37.4 Å². The first kappa shape index (κ1) is 19.6. The zero-order valence-electron chi connectivity index (χ0n) is 13.6. The molecule has 1 aromatic rings. The molecular weight excluding hydrogens is 318 g/mol. The molecule has 0 saturated carbocycles. The maximum absolute atomic E-state index is 11.9. The van der Waals surface area contributed by atoms with Crippen LogP contribution in [0.25, 0.3) is 0 Å². The number of ether oxygens (including phenoxy) is 1. The van der Waals surface area contributed by atoms with E-state index in [4.69, 9.17) is 4.74 Å². The number of nitrogens with one attached hydrogen (secondary N) is 2. The van der Waals surface area contributed by atoms with Crippen LogP contribution in [0.15, 0.2) is 12.7 Å². The highest BCUT2D eigenvalue weighted by molar-refractivity contribution is 5.88. The molecule has 23 heavy (non-hydrogen) atoms. The van der Waals surface area contributed by atoms with Gasteiger partial charge in [-0.3, -0.25) is 10.1 Å². The summed E-state index contributed by atoms with van der Waals surface area (Å²) in [7, 11) is 1.81. The smallest absolute Gasteiger partial charge is 0.227 e. The summed E-state index contributed by atoms with van der Waals surface area (Å²) in [6.45, 7) is 6.64. The van der Waals surface area contributed by atoms with Crippen LogP contribution < -0.4 is 10.6 Å². The van der Waals surface area contributed by atoms with Crippen LogP contribution in [0, 0.1) is 0 Å². The molecule has 7 nitrogen and oxygen atoms in total. The molecule has 1 aliphatic rings. The van der Waals surface area contributed by atoms with Crippen LogP contribution in [0.5, 0.6) is 0 Å². The third kappa shape index (κ3) is 6.29. The molecule has 2 N–H and O–H groups in total. The average Bonchev–Trinajstić information content (AvgIpc) is 2.89. The minimum Gasteiger partial charge on any atom is -0.377 e. The van der Waals surface area contributed by atoms with Crippen LogP contribution in [-0.4, -0.2) is 47.0 Å². The Morgan fingerprint density at radius 1 is 1.52 bits per heavy atom. The number of amides is 1. The highest BCUT2D eigenvalue weighted by Gasteiger charge is 2.21. The lowest BCUT2D eigenvalue weighted by molar-refractivity contribution is -0.116. The number of piperidine rings is 1. The topological polar surface area (TPSA) is 81.1 Å². The van der Waals surface area contributed by atoms with E-state index in [2.05, 4.69) is 27.3 Å². The van der Waals surface area contributed by atoms with Gasteiger partial charge in [0.25, 0.3) is 0 Å². The van der Waals surface area contributed by atoms with E-state index < -0.39 is 0 Å². The van der Waals surface area contributed by atoms with Gasteiger partial charge in [-0.25, -0.2) is 4.68 Å². The number of hydrogen-bond acceptors (Lipinski definition) is 5. The van der Waals surface area contributed by atoms with Gasteiger partial charge in [0.2, 0.25) is 11.9 Å². The Bertz CT molecular complexity index is 500. The van der Waals surface area contributed by atoms with Gasteiger partial charge in [0, 0.05) is 26.0 Å². The first-order chi connectivity index (χ1) is 10.7. The number of aryl methyl sites for hydroxylation is 1. The van der Waals surface area contributed by atoms with E-state index in [1.165, 1.54) is 0 Å². The quantitative estimate of drug-likeness (QED) is 0.554. The molecule has 2 rings (SSSR count). The number of hydrogen-bond donors (Lipinski definition) is 2. The highest BCUT2D eigenvalue weighted by Crippen LogP contribution is 2.23. The largest absolute Gasteiger partial charge is 0.377 e. The fourth-order valence-electron chi connectivity index (χ4n) is 2.45. The molecule has 130 valence electrons. The summed E-state index contributed by atoms with van der Waals surface area (Å²) in [6, 6.07) is 0. The molecule has 0 aromatic carbocycles. The van der Waals surface area contributed by atoms with Crippen LogP contribution in [0.2, 0.25) is 0 Å². The Kier molecular flexibility index (Phi) is 8.83. The van der Waals surface area contributed by atoms with E-state index in [1.54, 1.807) is 17.8 Å². The zero-order chi connectivity index (χ0) is 15.8. The Morgan fingerprint density at radius 2 is 2.26 bits per heavy atom. The van der Waals surface area contributed by atoms with Crippen molar-refractivity contribution in [2.45, 2.75) is 31.6 Å². The van der Waals surface area contributed by atoms with Crippen molar-refractivity contribution in [2.75, 3.05) is 31.6 Å². The van der Waals surface area contributed by atoms with Crippen LogP contribution in [0.4, 0.5) is 5.95 Å². The number of carbonyl (C=O) groups is 1. The highest BCUT2D eigenvalue weighted by atomic mass is 35.5. The molecule has 2 heterocycles. The maximum atomic E-state index is 11.9. The lowest BCUT2D eigenvalue weighted by atomic mass is 9.98. The summed E-state index contributed by atoms with van der Waals surface area (Å²) >= 11 is 0. The predicted molar refractivity (Wildman–Crippen MR) is 92.0 cm³/mol. The molecule has 0 radical (unpaired) electrons. The minimum atomic E-state index is -0.0606. The molecule has 0 bridgehead atoms. The van der Waals surface area contributed by atoms with Gasteiger partial charge in [0.15, 0.2) is 5.82 Å². The molecule has 1 amide bonds. The molecule has 0 aliphatic carbocycles.